The first kappa shape index (κ1) is 11.6. The summed E-state index contributed by atoms with van der Waals surface area (Å²) in [5, 5.41) is 4.48. The van der Waals surface area contributed by atoms with Crippen LogP contribution in [0.5, 0.6) is 0 Å². The zero-order chi connectivity index (χ0) is 13.1. The predicted molar refractivity (Wildman–Crippen MR) is 74.7 cm³/mol. The van der Waals surface area contributed by atoms with Crippen LogP contribution in [-0.2, 0) is 6.54 Å². The maximum absolute atomic E-state index is 5.58. The highest BCUT2D eigenvalue weighted by molar-refractivity contribution is 5.54. The molecule has 0 spiro atoms. The number of nitrogens with two attached hydrogens (primary N) is 1. The lowest BCUT2D eigenvalue weighted by Gasteiger charge is -2.01. The fraction of sp³-hybridized carbons (Fsp3) is 0.0667. The molecule has 0 saturated heterocycles. The molecule has 0 bridgehead atoms. The molecule has 0 amide bonds. The first-order valence-electron chi connectivity index (χ1n) is 6.13. The van der Waals surface area contributed by atoms with Gasteiger partial charge in [-0.15, -0.1) is 5.10 Å². The van der Waals surface area contributed by atoms with Crippen LogP contribution in [0.15, 0.2) is 60.9 Å². The molecule has 1 heterocycles. The van der Waals surface area contributed by atoms with Crippen molar-refractivity contribution >= 4 is 0 Å². The molecule has 3 rings (SSSR count). The van der Waals surface area contributed by atoms with Crippen molar-refractivity contribution in [3.63, 3.8) is 0 Å². The molecule has 0 fully saturated rings. The van der Waals surface area contributed by atoms with E-state index < -0.39 is 0 Å². The number of rotatable bonds is 3. The monoisotopic (exact) mass is 250 g/mol. The zero-order valence-electron chi connectivity index (χ0n) is 10.4. The SMILES string of the molecule is NCc1ccc(-n2cnc(-c3ccccc3)n2)cc1. The van der Waals surface area contributed by atoms with Crippen LogP contribution in [0, 0.1) is 0 Å². The first-order chi connectivity index (χ1) is 9.36. The highest BCUT2D eigenvalue weighted by atomic mass is 15.3. The van der Waals surface area contributed by atoms with E-state index in [1.165, 1.54) is 0 Å². The third-order valence-electron chi connectivity index (χ3n) is 2.96. The topological polar surface area (TPSA) is 56.7 Å². The highest BCUT2D eigenvalue weighted by Gasteiger charge is 2.04. The van der Waals surface area contributed by atoms with Gasteiger partial charge in [-0.2, -0.15) is 0 Å². The lowest BCUT2D eigenvalue weighted by molar-refractivity contribution is 0.880. The molecular formula is C15H14N4. The average Bonchev–Trinajstić information content (AvgIpc) is 2.98. The van der Waals surface area contributed by atoms with Gasteiger partial charge in [-0.1, -0.05) is 42.5 Å². The van der Waals surface area contributed by atoms with E-state index >= 15 is 0 Å². The fourth-order valence-corrected chi connectivity index (χ4v) is 1.89. The Morgan fingerprint density at radius 1 is 0.947 bits per heavy atom. The van der Waals surface area contributed by atoms with Crippen LogP contribution >= 0.6 is 0 Å². The number of nitrogens with zero attached hydrogens (tertiary/aromatic N) is 3. The Morgan fingerprint density at radius 2 is 1.68 bits per heavy atom. The molecule has 3 aromatic rings. The second-order valence-electron chi connectivity index (χ2n) is 4.25. The third kappa shape index (κ3) is 2.39. The molecule has 4 heteroatoms. The molecule has 0 aliphatic carbocycles. The van der Waals surface area contributed by atoms with Crippen LogP contribution in [-0.4, -0.2) is 14.8 Å². The fourth-order valence-electron chi connectivity index (χ4n) is 1.89. The van der Waals surface area contributed by atoms with Crippen molar-refractivity contribution in [3.8, 4) is 17.1 Å². The minimum atomic E-state index is 0.549. The summed E-state index contributed by atoms with van der Waals surface area (Å²) in [5.41, 5.74) is 8.68. The van der Waals surface area contributed by atoms with Gasteiger partial charge in [-0.3, -0.25) is 0 Å². The summed E-state index contributed by atoms with van der Waals surface area (Å²) in [6.45, 7) is 0.549. The number of hydrogen-bond donors (Lipinski definition) is 1. The molecular weight excluding hydrogens is 236 g/mol. The van der Waals surface area contributed by atoms with Gasteiger partial charge in [0.2, 0.25) is 0 Å². The Morgan fingerprint density at radius 3 is 2.37 bits per heavy atom. The summed E-state index contributed by atoms with van der Waals surface area (Å²) in [6, 6.07) is 17.9. The Kier molecular flexibility index (Phi) is 3.08. The number of benzene rings is 2. The molecule has 1 aromatic heterocycles. The summed E-state index contributed by atoms with van der Waals surface area (Å²) in [7, 11) is 0. The van der Waals surface area contributed by atoms with Gasteiger partial charge in [0.25, 0.3) is 0 Å². The van der Waals surface area contributed by atoms with Gasteiger partial charge in [0.15, 0.2) is 5.82 Å². The maximum atomic E-state index is 5.58. The molecule has 0 aliphatic heterocycles. The standard InChI is InChI=1S/C15H14N4/c16-10-12-6-8-14(9-7-12)19-11-17-15(18-19)13-4-2-1-3-5-13/h1-9,11H,10,16H2. The zero-order valence-corrected chi connectivity index (χ0v) is 10.4. The first-order valence-corrected chi connectivity index (χ1v) is 6.13. The van der Waals surface area contributed by atoms with E-state index in [0.29, 0.717) is 6.54 Å². The second-order valence-corrected chi connectivity index (χ2v) is 4.25. The molecule has 2 N–H and O–H groups in total. The van der Waals surface area contributed by atoms with Gasteiger partial charge in [0, 0.05) is 12.1 Å². The molecule has 4 nitrogen and oxygen atoms in total. The smallest absolute Gasteiger partial charge is 0.181 e. The molecule has 0 radical (unpaired) electrons. The van der Waals surface area contributed by atoms with E-state index in [9.17, 15) is 0 Å². The number of hydrogen-bond acceptors (Lipinski definition) is 3. The molecule has 0 unspecified atom stereocenters. The molecule has 2 aromatic carbocycles. The predicted octanol–water partition coefficient (Wildman–Crippen LogP) is 2.39. The van der Waals surface area contributed by atoms with Crippen molar-refractivity contribution in [3.05, 3.63) is 66.5 Å². The van der Waals surface area contributed by atoms with Crippen LogP contribution in [0.2, 0.25) is 0 Å². The summed E-state index contributed by atoms with van der Waals surface area (Å²) >= 11 is 0. The molecule has 19 heavy (non-hydrogen) atoms. The van der Waals surface area contributed by atoms with Gasteiger partial charge in [-0.25, -0.2) is 9.67 Å². The lowest BCUT2D eigenvalue weighted by Crippen LogP contribution is -1.98. The largest absolute Gasteiger partial charge is 0.326 e. The van der Waals surface area contributed by atoms with Crippen molar-refractivity contribution in [1.29, 1.82) is 0 Å². The van der Waals surface area contributed by atoms with Crippen molar-refractivity contribution < 1.29 is 0 Å². The molecule has 0 saturated carbocycles. The number of aromatic nitrogens is 3. The van der Waals surface area contributed by atoms with Gasteiger partial charge in [-0.05, 0) is 17.7 Å². The van der Waals surface area contributed by atoms with Crippen molar-refractivity contribution in [2.45, 2.75) is 6.54 Å². The quantitative estimate of drug-likeness (QED) is 0.776. The summed E-state index contributed by atoms with van der Waals surface area (Å²) < 4.78 is 1.77. The Hall–Kier alpha value is -2.46. The summed E-state index contributed by atoms with van der Waals surface area (Å²) in [5.74, 6) is 0.725. The lowest BCUT2D eigenvalue weighted by atomic mass is 10.2. The van der Waals surface area contributed by atoms with Crippen LogP contribution in [0.4, 0.5) is 0 Å². The van der Waals surface area contributed by atoms with Gasteiger partial charge in [0.05, 0.1) is 5.69 Å². The van der Waals surface area contributed by atoms with E-state index in [4.69, 9.17) is 5.73 Å². The van der Waals surface area contributed by atoms with E-state index in [0.717, 1.165) is 22.6 Å². The van der Waals surface area contributed by atoms with Crippen molar-refractivity contribution in [1.82, 2.24) is 14.8 Å². The highest BCUT2D eigenvalue weighted by Crippen LogP contribution is 2.15. The van der Waals surface area contributed by atoms with E-state index in [1.807, 2.05) is 54.6 Å². The van der Waals surface area contributed by atoms with Crippen LogP contribution in [0.25, 0.3) is 17.1 Å². The molecule has 0 atom stereocenters. The molecule has 0 aliphatic rings. The average molecular weight is 250 g/mol. The Bertz CT molecular complexity index is 656. The molecule has 94 valence electrons. The Balaban J connectivity index is 1.92. The van der Waals surface area contributed by atoms with Gasteiger partial charge >= 0.3 is 0 Å². The maximum Gasteiger partial charge on any atom is 0.181 e. The second kappa shape index (κ2) is 5.04. The van der Waals surface area contributed by atoms with E-state index in [-0.39, 0.29) is 0 Å². The van der Waals surface area contributed by atoms with Gasteiger partial charge < -0.3 is 5.73 Å². The Labute approximate surface area is 111 Å². The third-order valence-corrected chi connectivity index (χ3v) is 2.96. The van der Waals surface area contributed by atoms with E-state index in [1.54, 1.807) is 11.0 Å². The van der Waals surface area contributed by atoms with Crippen molar-refractivity contribution in [2.75, 3.05) is 0 Å². The summed E-state index contributed by atoms with van der Waals surface area (Å²) in [6.07, 6.45) is 1.72. The van der Waals surface area contributed by atoms with Crippen LogP contribution in [0.3, 0.4) is 0 Å². The van der Waals surface area contributed by atoms with Crippen LogP contribution in [0.1, 0.15) is 5.56 Å². The van der Waals surface area contributed by atoms with Crippen molar-refractivity contribution in [2.24, 2.45) is 5.73 Å². The summed E-state index contributed by atoms with van der Waals surface area (Å²) in [4.78, 5) is 4.33. The normalized spacial score (nSPS) is 10.6. The van der Waals surface area contributed by atoms with Gasteiger partial charge in [0.1, 0.15) is 6.33 Å². The van der Waals surface area contributed by atoms with Crippen LogP contribution < -0.4 is 5.73 Å². The minimum absolute atomic E-state index is 0.549. The van der Waals surface area contributed by atoms with E-state index in [2.05, 4.69) is 10.1 Å². The minimum Gasteiger partial charge on any atom is -0.326 e.